The van der Waals surface area contributed by atoms with E-state index in [-0.39, 0.29) is 19.0 Å². The molecule has 0 amide bonds. The van der Waals surface area contributed by atoms with Crippen molar-refractivity contribution < 1.29 is 33.7 Å². The number of benzene rings is 2. The van der Waals surface area contributed by atoms with E-state index in [1.807, 2.05) is 36.4 Å². The van der Waals surface area contributed by atoms with Crippen molar-refractivity contribution in [2.75, 3.05) is 20.8 Å². The highest BCUT2D eigenvalue weighted by atomic mass is 16.6. The number of ether oxygens (including phenoxy) is 3. The van der Waals surface area contributed by atoms with Gasteiger partial charge in [0.25, 0.3) is 0 Å². The highest BCUT2D eigenvalue weighted by Gasteiger charge is 2.36. The van der Waals surface area contributed by atoms with Crippen molar-refractivity contribution in [1.82, 2.24) is 4.90 Å². The molecule has 1 aliphatic rings. The molecule has 1 aliphatic carbocycles. The lowest BCUT2D eigenvalue weighted by atomic mass is 10.0. The third kappa shape index (κ3) is 6.58. The molecular formula is C26H32N2O7. The first-order chi connectivity index (χ1) is 16.7. The number of carbonyl (C=O) groups is 3. The average Bonchev–Trinajstić information content (AvgIpc) is 3.27. The van der Waals surface area contributed by atoms with Gasteiger partial charge in [-0.05, 0) is 61.4 Å². The highest BCUT2D eigenvalue weighted by molar-refractivity contribution is 5.89. The molecule has 2 aromatic rings. The minimum atomic E-state index is -1.05. The molecule has 3 N–H and O–H groups in total. The number of methoxy groups -OCH3 is 2. The number of aliphatic carboxylic acids is 1. The normalized spacial score (nSPS) is 14.8. The molecule has 0 bridgehead atoms. The van der Waals surface area contributed by atoms with Gasteiger partial charge in [-0.25, -0.2) is 4.79 Å². The first kappa shape index (κ1) is 26.2. The quantitative estimate of drug-likeness (QED) is 0.363. The number of hydrogen-bond acceptors (Lipinski definition) is 8. The molecular weight excluding hydrogens is 452 g/mol. The zero-order chi connectivity index (χ0) is 25.5. The molecule has 3 rings (SSSR count). The van der Waals surface area contributed by atoms with Gasteiger partial charge in [0.1, 0.15) is 12.1 Å². The molecule has 0 aromatic heterocycles. The van der Waals surface area contributed by atoms with E-state index in [2.05, 4.69) is 0 Å². The summed E-state index contributed by atoms with van der Waals surface area (Å²) >= 11 is 0. The second kappa shape index (κ2) is 11.8. The average molecular weight is 485 g/mol. The monoisotopic (exact) mass is 484 g/mol. The third-order valence-corrected chi connectivity index (χ3v) is 6.24. The Morgan fingerprint density at radius 2 is 1.69 bits per heavy atom. The summed E-state index contributed by atoms with van der Waals surface area (Å²) in [6.45, 7) is 1.09. The van der Waals surface area contributed by atoms with E-state index in [1.165, 1.54) is 14.0 Å². The van der Waals surface area contributed by atoms with Crippen LogP contribution in [0.2, 0.25) is 0 Å². The van der Waals surface area contributed by atoms with Crippen LogP contribution < -0.4 is 15.2 Å². The number of carboxylic acid groups (broad SMARTS) is 1. The fourth-order valence-electron chi connectivity index (χ4n) is 4.42. The summed E-state index contributed by atoms with van der Waals surface area (Å²) in [6.07, 6.45) is 1.88. The molecule has 0 fully saturated rings. The minimum absolute atomic E-state index is 0.225. The maximum absolute atomic E-state index is 12.6. The van der Waals surface area contributed by atoms with E-state index in [0.717, 1.165) is 16.7 Å². The van der Waals surface area contributed by atoms with Crippen molar-refractivity contribution in [3.63, 3.8) is 0 Å². The molecule has 9 heteroatoms. The summed E-state index contributed by atoms with van der Waals surface area (Å²) in [4.78, 5) is 38.5. The van der Waals surface area contributed by atoms with E-state index >= 15 is 0 Å². The summed E-state index contributed by atoms with van der Waals surface area (Å²) in [5.74, 6) is -1.58. The first-order valence-electron chi connectivity index (χ1n) is 11.5. The Balaban J connectivity index is 1.82. The van der Waals surface area contributed by atoms with Crippen LogP contribution in [-0.2, 0) is 38.4 Å². The zero-order valence-electron chi connectivity index (χ0n) is 20.2. The van der Waals surface area contributed by atoms with E-state index in [4.69, 9.17) is 19.9 Å². The largest absolute Gasteiger partial charge is 0.493 e. The number of carboxylic acids is 1. The molecule has 2 atom stereocenters. The number of esters is 2. The number of rotatable bonds is 11. The van der Waals surface area contributed by atoms with Crippen LogP contribution in [0.3, 0.4) is 0 Å². The van der Waals surface area contributed by atoms with Gasteiger partial charge in [0.05, 0.1) is 20.8 Å². The van der Waals surface area contributed by atoms with Crippen LogP contribution in [0.15, 0.2) is 42.5 Å². The Bertz CT molecular complexity index is 1040. The van der Waals surface area contributed by atoms with Crippen LogP contribution in [0.1, 0.15) is 30.0 Å². The molecule has 0 saturated heterocycles. The molecule has 2 aromatic carbocycles. The smallest absolute Gasteiger partial charge is 0.330 e. The molecule has 0 saturated carbocycles. The van der Waals surface area contributed by atoms with Gasteiger partial charge in [0.2, 0.25) is 0 Å². The van der Waals surface area contributed by atoms with E-state index in [0.29, 0.717) is 30.8 Å². The summed E-state index contributed by atoms with van der Waals surface area (Å²) in [5, 5.41) is 10.1. The van der Waals surface area contributed by atoms with Gasteiger partial charge in [-0.3, -0.25) is 14.5 Å². The fraction of sp³-hybridized carbons (Fsp3) is 0.423. The number of aryl methyl sites for hydroxylation is 1. The van der Waals surface area contributed by atoms with Crippen LogP contribution in [0.4, 0.5) is 0 Å². The Morgan fingerprint density at radius 3 is 2.23 bits per heavy atom. The molecule has 1 unspecified atom stereocenters. The second-order valence-corrected chi connectivity index (χ2v) is 8.67. The molecule has 0 heterocycles. The summed E-state index contributed by atoms with van der Waals surface area (Å²) in [6, 6.07) is 11.2. The van der Waals surface area contributed by atoms with E-state index < -0.39 is 30.0 Å². The number of carbonyl (C=O) groups excluding carboxylic acids is 2. The Kier molecular flexibility index (Phi) is 8.84. The molecule has 0 radical (unpaired) electrons. The van der Waals surface area contributed by atoms with Gasteiger partial charge in [-0.1, -0.05) is 30.3 Å². The second-order valence-electron chi connectivity index (χ2n) is 8.67. The van der Waals surface area contributed by atoms with Crippen LogP contribution >= 0.6 is 0 Å². The van der Waals surface area contributed by atoms with Crippen molar-refractivity contribution >= 4 is 17.9 Å². The summed E-state index contributed by atoms with van der Waals surface area (Å²) in [5.41, 5.74) is 8.61. The number of nitrogens with zero attached hydrogens (tertiary/aromatic N) is 1. The minimum Gasteiger partial charge on any atom is -0.493 e. The molecule has 9 nitrogen and oxygen atoms in total. The Hall–Kier alpha value is -3.43. The third-order valence-electron chi connectivity index (χ3n) is 6.24. The first-order valence-corrected chi connectivity index (χ1v) is 11.5. The molecule has 35 heavy (non-hydrogen) atoms. The standard InChI is InChI=1S/C26H32N2O7/c1-16(27)26(32)35-24(29)15-28(20-13-18-6-4-5-7-19(18)14-20)21(25(30)31)10-8-17-9-11-22(33-2)23(12-17)34-3/h4-7,9,11-12,16,20-21H,8,10,13-15,27H2,1-3H3,(H,30,31)/t16-,21?/m0/s1. The fourth-order valence-corrected chi connectivity index (χ4v) is 4.42. The summed E-state index contributed by atoms with van der Waals surface area (Å²) < 4.78 is 15.5. The lowest BCUT2D eigenvalue weighted by Crippen LogP contribution is -2.51. The van der Waals surface area contributed by atoms with Crippen molar-refractivity contribution in [2.24, 2.45) is 5.73 Å². The van der Waals surface area contributed by atoms with Gasteiger partial charge in [-0.15, -0.1) is 0 Å². The van der Waals surface area contributed by atoms with Gasteiger partial charge < -0.3 is 25.1 Å². The number of hydrogen-bond donors (Lipinski definition) is 2. The van der Waals surface area contributed by atoms with Gasteiger partial charge >= 0.3 is 17.9 Å². The maximum Gasteiger partial charge on any atom is 0.330 e. The lowest BCUT2D eigenvalue weighted by Gasteiger charge is -2.33. The van der Waals surface area contributed by atoms with Crippen molar-refractivity contribution in [3.05, 3.63) is 59.2 Å². The van der Waals surface area contributed by atoms with Gasteiger partial charge in [0.15, 0.2) is 11.5 Å². The predicted molar refractivity (Wildman–Crippen MR) is 128 cm³/mol. The van der Waals surface area contributed by atoms with Crippen molar-refractivity contribution in [3.8, 4) is 11.5 Å². The van der Waals surface area contributed by atoms with Crippen LogP contribution in [0, 0.1) is 0 Å². The summed E-state index contributed by atoms with van der Waals surface area (Å²) in [7, 11) is 3.08. The van der Waals surface area contributed by atoms with E-state index in [1.54, 1.807) is 18.1 Å². The zero-order valence-corrected chi connectivity index (χ0v) is 20.2. The van der Waals surface area contributed by atoms with Gasteiger partial charge in [-0.2, -0.15) is 0 Å². The highest BCUT2D eigenvalue weighted by Crippen LogP contribution is 2.30. The lowest BCUT2D eigenvalue weighted by molar-refractivity contribution is -0.162. The van der Waals surface area contributed by atoms with Crippen LogP contribution in [-0.4, -0.2) is 66.8 Å². The Morgan fingerprint density at radius 1 is 1.06 bits per heavy atom. The number of fused-ring (bicyclic) bond motifs is 1. The van der Waals surface area contributed by atoms with Crippen molar-refractivity contribution in [1.29, 1.82) is 0 Å². The molecule has 0 spiro atoms. The van der Waals surface area contributed by atoms with Crippen LogP contribution in [0.5, 0.6) is 11.5 Å². The molecule has 188 valence electrons. The Labute approximate surface area is 204 Å². The van der Waals surface area contributed by atoms with Gasteiger partial charge in [0, 0.05) is 6.04 Å². The number of nitrogens with two attached hydrogens (primary N) is 1. The van der Waals surface area contributed by atoms with Crippen LogP contribution in [0.25, 0.3) is 0 Å². The topological polar surface area (TPSA) is 128 Å². The maximum atomic E-state index is 12.6. The van der Waals surface area contributed by atoms with E-state index in [9.17, 15) is 19.5 Å². The molecule has 0 aliphatic heterocycles. The predicted octanol–water partition coefficient (Wildman–Crippen LogP) is 1.98. The SMILES string of the molecule is COc1ccc(CCC(C(=O)O)N(CC(=O)OC(=O)[C@H](C)N)C2Cc3ccccc3C2)cc1OC. The van der Waals surface area contributed by atoms with Crippen molar-refractivity contribution in [2.45, 2.75) is 50.7 Å².